The van der Waals surface area contributed by atoms with Gasteiger partial charge in [0.25, 0.3) is 0 Å². The molecule has 6 heteroatoms. The van der Waals surface area contributed by atoms with E-state index in [0.717, 1.165) is 17.1 Å². The number of aromatic nitrogens is 3. The van der Waals surface area contributed by atoms with Crippen LogP contribution in [0.25, 0.3) is 11.0 Å². The molecule has 2 aromatic heterocycles. The predicted octanol–water partition coefficient (Wildman–Crippen LogP) is 2.98. The van der Waals surface area contributed by atoms with Crippen LogP contribution in [-0.4, -0.2) is 31.8 Å². The summed E-state index contributed by atoms with van der Waals surface area (Å²) in [5, 5.41) is 5.59. The number of ether oxygens (including phenoxy) is 1. The Balaban J connectivity index is 2.24. The Morgan fingerprint density at radius 2 is 2.33 bits per heavy atom. The molecule has 0 aliphatic heterocycles. The van der Waals surface area contributed by atoms with E-state index in [4.69, 9.17) is 4.74 Å². The fourth-order valence-electron chi connectivity index (χ4n) is 1.55. The quantitative estimate of drug-likeness (QED) is 0.818. The Labute approximate surface area is 113 Å². The third kappa shape index (κ3) is 2.69. The third-order valence-electron chi connectivity index (χ3n) is 2.56. The minimum absolute atomic E-state index is 0.505. The molecule has 0 spiro atoms. The molecule has 2 heterocycles. The molecule has 96 valence electrons. The number of hydrogen-bond acceptors (Lipinski definition) is 4. The zero-order chi connectivity index (χ0) is 13.2. The predicted molar refractivity (Wildman–Crippen MR) is 71.9 cm³/mol. The minimum atomic E-state index is -0.534. The zero-order valence-electron chi connectivity index (χ0n) is 10.3. The lowest BCUT2D eigenvalue weighted by Crippen LogP contribution is -2.31. The van der Waals surface area contributed by atoms with Gasteiger partial charge in [-0.05, 0) is 32.4 Å². The molecule has 0 bridgehead atoms. The second kappa shape index (κ2) is 5.06. The fraction of sp³-hybridized carbons (Fsp3) is 0.417. The first-order valence-corrected chi connectivity index (χ1v) is 6.74. The van der Waals surface area contributed by atoms with Gasteiger partial charge in [0.05, 0.1) is 6.20 Å². The lowest BCUT2D eigenvalue weighted by molar-refractivity contribution is 0.0369. The summed E-state index contributed by atoms with van der Waals surface area (Å²) in [7, 11) is 0. The van der Waals surface area contributed by atoms with Gasteiger partial charge < -0.3 is 4.74 Å². The van der Waals surface area contributed by atoms with Crippen LogP contribution in [0.4, 0.5) is 4.79 Å². The molecule has 2 aromatic rings. The standard InChI is InChI=1S/C12H14BrN3O2/c1-12(2,5-6-13)18-11(17)16-10-9(8-15-16)4-3-7-14-10/h3-4,7-8H,5-6H2,1-2H3. The van der Waals surface area contributed by atoms with E-state index in [1.807, 2.05) is 19.9 Å². The van der Waals surface area contributed by atoms with Crippen molar-refractivity contribution in [2.75, 3.05) is 5.33 Å². The van der Waals surface area contributed by atoms with Gasteiger partial charge in [0.2, 0.25) is 0 Å². The van der Waals surface area contributed by atoms with Gasteiger partial charge in [-0.15, -0.1) is 4.68 Å². The van der Waals surface area contributed by atoms with E-state index in [1.54, 1.807) is 18.5 Å². The van der Waals surface area contributed by atoms with Crippen LogP contribution >= 0.6 is 15.9 Å². The summed E-state index contributed by atoms with van der Waals surface area (Å²) in [6, 6.07) is 3.65. The number of nitrogens with zero attached hydrogens (tertiary/aromatic N) is 3. The molecule has 0 atom stereocenters. The minimum Gasteiger partial charge on any atom is -0.442 e. The van der Waals surface area contributed by atoms with E-state index < -0.39 is 11.7 Å². The van der Waals surface area contributed by atoms with Crippen LogP contribution in [0.2, 0.25) is 0 Å². The number of carbonyl (C=O) groups excluding carboxylic acids is 1. The van der Waals surface area contributed by atoms with Crippen LogP contribution < -0.4 is 0 Å². The largest absolute Gasteiger partial charge is 0.442 e. The van der Waals surface area contributed by atoms with Crippen LogP contribution in [0.5, 0.6) is 0 Å². The molecular weight excluding hydrogens is 298 g/mol. The number of fused-ring (bicyclic) bond motifs is 1. The molecule has 0 unspecified atom stereocenters. The first kappa shape index (κ1) is 13.0. The van der Waals surface area contributed by atoms with Crippen molar-refractivity contribution in [1.82, 2.24) is 14.8 Å². The van der Waals surface area contributed by atoms with E-state index in [2.05, 4.69) is 26.0 Å². The molecule has 0 radical (unpaired) electrons. The maximum Gasteiger partial charge on any atom is 0.437 e. The highest BCUT2D eigenvalue weighted by molar-refractivity contribution is 9.09. The van der Waals surface area contributed by atoms with Gasteiger partial charge in [-0.25, -0.2) is 9.78 Å². The van der Waals surface area contributed by atoms with Crippen LogP contribution in [0.15, 0.2) is 24.5 Å². The van der Waals surface area contributed by atoms with Crippen LogP contribution in [0.1, 0.15) is 20.3 Å². The Morgan fingerprint density at radius 3 is 3.06 bits per heavy atom. The van der Waals surface area contributed by atoms with Crippen molar-refractivity contribution < 1.29 is 9.53 Å². The maximum atomic E-state index is 12.0. The van der Waals surface area contributed by atoms with Crippen molar-refractivity contribution in [3.05, 3.63) is 24.5 Å². The molecule has 0 aliphatic carbocycles. The van der Waals surface area contributed by atoms with Crippen LogP contribution in [-0.2, 0) is 4.74 Å². The van der Waals surface area contributed by atoms with Crippen molar-refractivity contribution in [2.24, 2.45) is 0 Å². The van der Waals surface area contributed by atoms with Crippen LogP contribution in [0.3, 0.4) is 0 Å². The number of pyridine rings is 1. The zero-order valence-corrected chi connectivity index (χ0v) is 11.8. The van der Waals surface area contributed by atoms with E-state index >= 15 is 0 Å². The summed E-state index contributed by atoms with van der Waals surface area (Å²) in [4.78, 5) is 16.2. The summed E-state index contributed by atoms with van der Waals surface area (Å²) >= 11 is 3.34. The number of rotatable bonds is 3. The second-order valence-corrected chi connectivity index (χ2v) is 5.33. The Kier molecular flexibility index (Phi) is 3.65. The molecule has 0 fully saturated rings. The average molecular weight is 312 g/mol. The normalized spacial score (nSPS) is 11.7. The van der Waals surface area contributed by atoms with Gasteiger partial charge in [0.1, 0.15) is 5.60 Å². The number of halogens is 1. The second-order valence-electron chi connectivity index (χ2n) is 4.54. The maximum absolute atomic E-state index is 12.0. The third-order valence-corrected chi connectivity index (χ3v) is 2.96. The Hall–Kier alpha value is -1.43. The summed E-state index contributed by atoms with van der Waals surface area (Å²) in [5.41, 5.74) is -0.0228. The first-order valence-electron chi connectivity index (χ1n) is 5.61. The topological polar surface area (TPSA) is 57.0 Å². The molecule has 18 heavy (non-hydrogen) atoms. The van der Waals surface area contributed by atoms with Crippen LogP contribution in [0, 0.1) is 0 Å². The number of alkyl halides is 1. The van der Waals surface area contributed by atoms with Gasteiger partial charge in [0, 0.05) is 16.9 Å². The summed E-state index contributed by atoms with van der Waals surface area (Å²) < 4.78 is 6.61. The van der Waals surface area contributed by atoms with Crippen molar-refractivity contribution in [2.45, 2.75) is 25.9 Å². The molecule has 0 aromatic carbocycles. The summed E-state index contributed by atoms with van der Waals surface area (Å²) in [5.74, 6) is 0. The van der Waals surface area contributed by atoms with Crippen molar-refractivity contribution in [3.8, 4) is 0 Å². The average Bonchev–Trinajstić information content (AvgIpc) is 2.71. The molecule has 2 rings (SSSR count). The van der Waals surface area contributed by atoms with Crippen molar-refractivity contribution >= 4 is 33.1 Å². The number of carbonyl (C=O) groups is 1. The smallest absolute Gasteiger partial charge is 0.437 e. The molecule has 5 nitrogen and oxygen atoms in total. The summed E-state index contributed by atoms with van der Waals surface area (Å²) in [6.07, 6.45) is 3.44. The van der Waals surface area contributed by atoms with E-state index in [1.165, 1.54) is 4.68 Å². The molecule has 0 amide bonds. The van der Waals surface area contributed by atoms with Gasteiger partial charge >= 0.3 is 6.09 Å². The lowest BCUT2D eigenvalue weighted by Gasteiger charge is -2.23. The monoisotopic (exact) mass is 311 g/mol. The molecular formula is C12H14BrN3O2. The molecule has 0 saturated carbocycles. The Bertz CT molecular complexity index is 565. The highest BCUT2D eigenvalue weighted by Gasteiger charge is 2.24. The van der Waals surface area contributed by atoms with Crippen molar-refractivity contribution in [3.63, 3.8) is 0 Å². The highest BCUT2D eigenvalue weighted by Crippen LogP contribution is 2.18. The van der Waals surface area contributed by atoms with E-state index in [0.29, 0.717) is 5.65 Å². The Morgan fingerprint density at radius 1 is 1.56 bits per heavy atom. The molecule has 0 saturated heterocycles. The van der Waals surface area contributed by atoms with Gasteiger partial charge in [-0.1, -0.05) is 15.9 Å². The lowest BCUT2D eigenvalue weighted by atomic mass is 10.1. The number of hydrogen-bond donors (Lipinski definition) is 0. The van der Waals surface area contributed by atoms with E-state index in [9.17, 15) is 4.79 Å². The van der Waals surface area contributed by atoms with E-state index in [-0.39, 0.29) is 0 Å². The molecule has 0 aliphatic rings. The summed E-state index contributed by atoms with van der Waals surface area (Å²) in [6.45, 7) is 3.73. The molecule has 0 N–H and O–H groups in total. The van der Waals surface area contributed by atoms with Gasteiger partial charge in [0.15, 0.2) is 5.65 Å². The van der Waals surface area contributed by atoms with Gasteiger partial charge in [-0.2, -0.15) is 5.10 Å². The first-order chi connectivity index (χ1) is 8.53. The van der Waals surface area contributed by atoms with Crippen molar-refractivity contribution in [1.29, 1.82) is 0 Å². The fourth-order valence-corrected chi connectivity index (χ4v) is 2.51. The van der Waals surface area contributed by atoms with Gasteiger partial charge in [-0.3, -0.25) is 0 Å². The highest BCUT2D eigenvalue weighted by atomic mass is 79.9. The SMILES string of the molecule is CC(C)(CCBr)OC(=O)n1ncc2cccnc21.